The second-order valence-corrected chi connectivity index (χ2v) is 6.62. The molecule has 3 rings (SSSR count). The van der Waals surface area contributed by atoms with E-state index in [-0.39, 0.29) is 18.1 Å². The number of pyridine rings is 1. The van der Waals surface area contributed by atoms with Crippen LogP contribution in [0, 0.1) is 11.7 Å². The van der Waals surface area contributed by atoms with E-state index in [2.05, 4.69) is 27.5 Å². The zero-order valence-electron chi connectivity index (χ0n) is 12.9. The molecule has 0 aromatic carbocycles. The third-order valence-electron chi connectivity index (χ3n) is 4.20. The van der Waals surface area contributed by atoms with Crippen LogP contribution < -0.4 is 10.6 Å². The predicted molar refractivity (Wildman–Crippen MR) is 86.9 cm³/mol. The second-order valence-electron chi connectivity index (χ2n) is 5.73. The van der Waals surface area contributed by atoms with Gasteiger partial charge in [0.1, 0.15) is 11.5 Å². The van der Waals surface area contributed by atoms with Crippen LogP contribution in [0.5, 0.6) is 0 Å². The Morgan fingerprint density at radius 2 is 2.48 bits per heavy atom. The molecule has 2 atom stereocenters. The first kappa shape index (κ1) is 16.0. The van der Waals surface area contributed by atoms with Crippen LogP contribution in [0.25, 0.3) is 0 Å². The molecule has 2 N–H and O–H groups in total. The molecule has 0 saturated carbocycles. The number of carbonyl (C=O) groups excluding carboxylic acids is 1. The van der Waals surface area contributed by atoms with E-state index in [1.165, 1.54) is 29.7 Å². The fourth-order valence-electron chi connectivity index (χ4n) is 2.71. The van der Waals surface area contributed by atoms with Crippen LogP contribution in [0.15, 0.2) is 23.7 Å². The normalized spacial score (nSPS) is 18.8. The Hall–Kier alpha value is -1.86. The third kappa shape index (κ3) is 3.73. The van der Waals surface area contributed by atoms with Crippen LogP contribution in [0.3, 0.4) is 0 Å². The van der Waals surface area contributed by atoms with Crippen molar-refractivity contribution < 1.29 is 9.18 Å². The summed E-state index contributed by atoms with van der Waals surface area (Å²) in [6.07, 6.45) is 2.64. The summed E-state index contributed by atoms with van der Waals surface area (Å²) in [4.78, 5) is 20.5. The molecule has 0 spiro atoms. The highest BCUT2D eigenvalue weighted by molar-refractivity contribution is 7.09. The zero-order chi connectivity index (χ0) is 16.2. The van der Waals surface area contributed by atoms with E-state index in [1.54, 1.807) is 5.38 Å². The van der Waals surface area contributed by atoms with Crippen molar-refractivity contribution in [1.82, 2.24) is 20.6 Å². The van der Waals surface area contributed by atoms with Gasteiger partial charge in [-0.05, 0) is 37.6 Å². The number of halogens is 1. The molecule has 1 aliphatic heterocycles. The first-order valence-corrected chi connectivity index (χ1v) is 8.57. The number of rotatable bonds is 5. The Kier molecular flexibility index (Phi) is 4.97. The smallest absolute Gasteiger partial charge is 0.271 e. The fourth-order valence-corrected chi connectivity index (χ4v) is 3.66. The van der Waals surface area contributed by atoms with Crippen molar-refractivity contribution in [2.75, 3.05) is 13.1 Å². The lowest BCUT2D eigenvalue weighted by Gasteiger charge is -2.14. The van der Waals surface area contributed by atoms with Gasteiger partial charge in [-0.15, -0.1) is 11.3 Å². The molecule has 1 amide bonds. The summed E-state index contributed by atoms with van der Waals surface area (Å²) in [6.45, 7) is 4.26. The number of amides is 1. The number of aromatic nitrogens is 2. The highest BCUT2D eigenvalue weighted by Gasteiger charge is 2.25. The van der Waals surface area contributed by atoms with E-state index in [4.69, 9.17) is 0 Å². The van der Waals surface area contributed by atoms with Crippen LogP contribution in [0.4, 0.5) is 4.39 Å². The Morgan fingerprint density at radius 1 is 1.61 bits per heavy atom. The van der Waals surface area contributed by atoms with E-state index in [0.717, 1.165) is 24.5 Å². The summed E-state index contributed by atoms with van der Waals surface area (Å²) < 4.78 is 13.5. The van der Waals surface area contributed by atoms with Crippen molar-refractivity contribution in [2.24, 2.45) is 5.92 Å². The van der Waals surface area contributed by atoms with Gasteiger partial charge in [0.25, 0.3) is 5.91 Å². The Balaban J connectivity index is 1.61. The van der Waals surface area contributed by atoms with Gasteiger partial charge in [0.05, 0.1) is 17.2 Å². The monoisotopic (exact) mass is 334 g/mol. The molecule has 2 aromatic heterocycles. The van der Waals surface area contributed by atoms with Gasteiger partial charge < -0.3 is 10.6 Å². The lowest BCUT2D eigenvalue weighted by atomic mass is 9.94. The van der Waals surface area contributed by atoms with Crippen molar-refractivity contribution in [3.05, 3.63) is 45.9 Å². The maximum absolute atomic E-state index is 13.5. The van der Waals surface area contributed by atoms with Crippen molar-refractivity contribution in [3.63, 3.8) is 0 Å². The molecule has 2 aromatic rings. The molecular formula is C16H19FN4OS. The maximum atomic E-state index is 13.5. The van der Waals surface area contributed by atoms with Gasteiger partial charge in [0.15, 0.2) is 0 Å². The number of nitrogens with one attached hydrogen (secondary N) is 2. The lowest BCUT2D eigenvalue weighted by molar-refractivity contribution is 0.0945. The Labute approximate surface area is 138 Å². The quantitative estimate of drug-likeness (QED) is 0.881. The summed E-state index contributed by atoms with van der Waals surface area (Å²) in [5, 5.41) is 8.76. The van der Waals surface area contributed by atoms with E-state index in [0.29, 0.717) is 17.5 Å². The van der Waals surface area contributed by atoms with Gasteiger partial charge in [-0.25, -0.2) is 9.37 Å². The predicted octanol–water partition coefficient (Wildman–Crippen LogP) is 2.32. The van der Waals surface area contributed by atoms with Crippen LogP contribution in [0.1, 0.15) is 40.5 Å². The van der Waals surface area contributed by atoms with Gasteiger partial charge in [-0.1, -0.05) is 6.92 Å². The van der Waals surface area contributed by atoms with Gasteiger partial charge in [0.2, 0.25) is 0 Å². The Morgan fingerprint density at radius 3 is 3.22 bits per heavy atom. The van der Waals surface area contributed by atoms with E-state index >= 15 is 0 Å². The number of hydrogen-bond acceptors (Lipinski definition) is 5. The molecule has 3 heterocycles. The highest BCUT2D eigenvalue weighted by atomic mass is 32.1. The first-order valence-electron chi connectivity index (χ1n) is 7.69. The minimum Gasteiger partial charge on any atom is -0.345 e. The van der Waals surface area contributed by atoms with E-state index < -0.39 is 5.82 Å². The van der Waals surface area contributed by atoms with Gasteiger partial charge in [0, 0.05) is 17.5 Å². The molecule has 1 saturated heterocycles. The average Bonchev–Trinajstić information content (AvgIpc) is 3.24. The van der Waals surface area contributed by atoms with Gasteiger partial charge >= 0.3 is 0 Å². The summed E-state index contributed by atoms with van der Waals surface area (Å²) in [6, 6.07) is 2.85. The summed E-state index contributed by atoms with van der Waals surface area (Å²) in [7, 11) is 0. The van der Waals surface area contributed by atoms with Crippen molar-refractivity contribution in [1.29, 1.82) is 0 Å². The van der Waals surface area contributed by atoms with Crippen LogP contribution in [0.2, 0.25) is 0 Å². The number of nitrogens with zero attached hydrogens (tertiary/aromatic N) is 2. The van der Waals surface area contributed by atoms with Gasteiger partial charge in [-0.2, -0.15) is 0 Å². The molecule has 0 aliphatic carbocycles. The number of thiazole rings is 1. The summed E-state index contributed by atoms with van der Waals surface area (Å²) in [5.41, 5.74) is 0.612. The SMILES string of the molecule is CC(c1nc(C(=O)NCc2ncccc2F)cs1)[C@@H]1CCNC1. The molecule has 7 heteroatoms. The number of carbonyl (C=O) groups is 1. The molecule has 0 radical (unpaired) electrons. The minimum absolute atomic E-state index is 0.0560. The van der Waals surface area contributed by atoms with Crippen LogP contribution >= 0.6 is 11.3 Å². The van der Waals surface area contributed by atoms with Gasteiger partial charge in [-0.3, -0.25) is 9.78 Å². The topological polar surface area (TPSA) is 66.9 Å². The molecular weight excluding hydrogens is 315 g/mol. The Bertz CT molecular complexity index is 684. The summed E-state index contributed by atoms with van der Waals surface area (Å²) in [5.74, 6) is 0.188. The van der Waals surface area contributed by atoms with Crippen LogP contribution in [-0.2, 0) is 6.54 Å². The molecule has 1 aliphatic rings. The van der Waals surface area contributed by atoms with Crippen LogP contribution in [-0.4, -0.2) is 29.0 Å². The van der Waals surface area contributed by atoms with Crippen molar-refractivity contribution in [3.8, 4) is 0 Å². The summed E-state index contributed by atoms with van der Waals surface area (Å²) >= 11 is 1.51. The second kappa shape index (κ2) is 7.14. The third-order valence-corrected chi connectivity index (χ3v) is 5.25. The molecule has 0 bridgehead atoms. The zero-order valence-corrected chi connectivity index (χ0v) is 13.7. The first-order chi connectivity index (χ1) is 11.1. The molecule has 23 heavy (non-hydrogen) atoms. The average molecular weight is 334 g/mol. The van der Waals surface area contributed by atoms with Crippen molar-refractivity contribution >= 4 is 17.2 Å². The fraction of sp³-hybridized carbons (Fsp3) is 0.438. The largest absolute Gasteiger partial charge is 0.345 e. The molecule has 122 valence electrons. The standard InChI is InChI=1S/C16H19FN4OS/c1-10(11-4-6-18-7-11)16-21-14(9-23-16)15(22)20-8-13-12(17)3-2-5-19-13/h2-3,5,9-11,18H,4,6-8H2,1H3,(H,20,22)/t10?,11-/m1/s1. The maximum Gasteiger partial charge on any atom is 0.271 e. The minimum atomic E-state index is -0.422. The highest BCUT2D eigenvalue weighted by Crippen LogP contribution is 2.30. The van der Waals surface area contributed by atoms with Crippen molar-refractivity contribution in [2.45, 2.75) is 25.8 Å². The molecule has 5 nitrogen and oxygen atoms in total. The van der Waals surface area contributed by atoms with E-state index in [1.807, 2.05) is 0 Å². The van der Waals surface area contributed by atoms with E-state index in [9.17, 15) is 9.18 Å². The lowest BCUT2D eigenvalue weighted by Crippen LogP contribution is -2.24. The molecule has 1 fully saturated rings. The molecule has 1 unspecified atom stereocenters. The number of hydrogen-bond donors (Lipinski definition) is 2.